The van der Waals surface area contributed by atoms with Crippen molar-refractivity contribution >= 4 is 17.2 Å². The zero-order valence-corrected chi connectivity index (χ0v) is 14.6. The molecule has 3 heteroatoms. The summed E-state index contributed by atoms with van der Waals surface area (Å²) >= 11 is 0. The number of carbonyl (C=O) groups is 1. The van der Waals surface area contributed by atoms with Crippen molar-refractivity contribution in [3.05, 3.63) is 53.0 Å². The summed E-state index contributed by atoms with van der Waals surface area (Å²) in [6, 6.07) is 8.23. The molecule has 0 spiro atoms. The number of Topliss-reactive ketones (excluding diaryl/α,β-unsaturated/α-hetero) is 1. The Morgan fingerprint density at radius 3 is 2.71 bits per heavy atom. The van der Waals surface area contributed by atoms with Crippen LogP contribution in [0.5, 0.6) is 0 Å². The zero-order valence-electron chi connectivity index (χ0n) is 14.6. The van der Waals surface area contributed by atoms with Crippen molar-refractivity contribution in [1.82, 2.24) is 0 Å². The van der Waals surface area contributed by atoms with Crippen LogP contribution in [0.4, 0.5) is 5.69 Å². The second kappa shape index (κ2) is 5.44. The highest BCUT2D eigenvalue weighted by molar-refractivity contribution is 6.09. The molecule has 2 aliphatic carbocycles. The number of benzene rings is 1. The normalized spacial score (nSPS) is 27.9. The van der Waals surface area contributed by atoms with E-state index < -0.39 is 0 Å². The molecule has 2 aliphatic rings. The minimum atomic E-state index is -0.227. The van der Waals surface area contributed by atoms with E-state index in [1.54, 1.807) is 6.26 Å². The number of furan rings is 1. The van der Waals surface area contributed by atoms with Gasteiger partial charge in [0.25, 0.3) is 0 Å². The number of hydrogen-bond donors (Lipinski definition) is 0. The van der Waals surface area contributed by atoms with Crippen LogP contribution >= 0.6 is 0 Å². The van der Waals surface area contributed by atoms with Gasteiger partial charge < -0.3 is 4.42 Å². The van der Waals surface area contributed by atoms with E-state index in [2.05, 4.69) is 39.0 Å². The van der Waals surface area contributed by atoms with Crippen LogP contribution in [0.15, 0.2) is 39.9 Å². The molecule has 0 amide bonds. The van der Waals surface area contributed by atoms with Crippen LogP contribution in [0.2, 0.25) is 0 Å². The van der Waals surface area contributed by atoms with Crippen LogP contribution in [-0.2, 0) is 11.2 Å². The molecular weight excluding hydrogens is 298 g/mol. The van der Waals surface area contributed by atoms with Gasteiger partial charge in [0.05, 0.1) is 17.7 Å². The van der Waals surface area contributed by atoms with Gasteiger partial charge in [0.15, 0.2) is 5.76 Å². The molecule has 0 aliphatic heterocycles. The lowest BCUT2D eigenvalue weighted by Gasteiger charge is -2.43. The summed E-state index contributed by atoms with van der Waals surface area (Å²) in [7, 11) is 0. The molecule has 124 valence electrons. The molecule has 2 aromatic rings. The molecule has 0 radical (unpaired) electrons. The zero-order chi connectivity index (χ0) is 16.9. The molecule has 1 aromatic heterocycles. The number of nitrogens with zero attached hydrogens (tertiary/aromatic N) is 1. The Morgan fingerprint density at radius 1 is 1.21 bits per heavy atom. The van der Waals surface area contributed by atoms with Gasteiger partial charge >= 0.3 is 0 Å². The molecule has 2 atom stereocenters. The number of para-hydroxylation sites is 1. The number of fused-ring (bicyclic) bond motifs is 2. The van der Waals surface area contributed by atoms with Crippen molar-refractivity contribution in [3.8, 4) is 0 Å². The fourth-order valence-electron chi connectivity index (χ4n) is 4.41. The maximum atomic E-state index is 12.6. The van der Waals surface area contributed by atoms with Crippen molar-refractivity contribution in [2.75, 3.05) is 0 Å². The minimum Gasteiger partial charge on any atom is -0.463 e. The molecule has 1 heterocycles. The van der Waals surface area contributed by atoms with E-state index in [0.29, 0.717) is 12.2 Å². The fourth-order valence-corrected chi connectivity index (χ4v) is 4.41. The van der Waals surface area contributed by atoms with Gasteiger partial charge in [-0.1, -0.05) is 25.1 Å². The second-order valence-corrected chi connectivity index (χ2v) is 7.47. The average molecular weight is 321 g/mol. The first-order valence-corrected chi connectivity index (χ1v) is 8.75. The Morgan fingerprint density at radius 2 is 1.96 bits per heavy atom. The molecule has 1 fully saturated rings. The van der Waals surface area contributed by atoms with Crippen molar-refractivity contribution in [1.29, 1.82) is 0 Å². The number of aliphatic imine (C=N–C) groups is 1. The fraction of sp³-hybridized carbons (Fsp3) is 0.429. The topological polar surface area (TPSA) is 42.6 Å². The van der Waals surface area contributed by atoms with E-state index in [4.69, 9.17) is 9.41 Å². The summed E-state index contributed by atoms with van der Waals surface area (Å²) in [4.78, 5) is 17.7. The van der Waals surface area contributed by atoms with Gasteiger partial charge in [-0.3, -0.25) is 4.79 Å². The Kier molecular flexibility index (Phi) is 3.48. The highest BCUT2D eigenvalue weighted by atomic mass is 16.3. The molecular formula is C21H23NO2. The summed E-state index contributed by atoms with van der Waals surface area (Å²) in [6.07, 6.45) is 5.15. The van der Waals surface area contributed by atoms with E-state index in [1.165, 1.54) is 0 Å². The predicted molar refractivity (Wildman–Crippen MR) is 95.0 cm³/mol. The summed E-state index contributed by atoms with van der Waals surface area (Å²) in [5, 5.41) is 0. The van der Waals surface area contributed by atoms with Crippen molar-refractivity contribution in [2.24, 2.45) is 16.3 Å². The molecule has 4 rings (SSSR count). The molecule has 0 saturated heterocycles. The highest BCUT2D eigenvalue weighted by Gasteiger charge is 2.50. The van der Waals surface area contributed by atoms with Crippen molar-refractivity contribution in [2.45, 2.75) is 46.5 Å². The average Bonchev–Trinajstić information content (AvgIpc) is 2.99. The maximum absolute atomic E-state index is 12.6. The largest absolute Gasteiger partial charge is 0.463 e. The number of carbonyl (C=O) groups excluding carboxylic acids is 1. The van der Waals surface area contributed by atoms with E-state index in [0.717, 1.165) is 53.1 Å². The summed E-state index contributed by atoms with van der Waals surface area (Å²) < 4.78 is 5.83. The van der Waals surface area contributed by atoms with E-state index in [-0.39, 0.29) is 11.3 Å². The Labute approximate surface area is 142 Å². The molecule has 3 nitrogen and oxygen atoms in total. The van der Waals surface area contributed by atoms with Gasteiger partial charge in [-0.15, -0.1) is 0 Å². The molecule has 1 saturated carbocycles. The molecule has 1 aromatic carbocycles. The molecule has 0 N–H and O–H groups in total. The van der Waals surface area contributed by atoms with E-state index in [9.17, 15) is 4.79 Å². The van der Waals surface area contributed by atoms with E-state index in [1.807, 2.05) is 6.07 Å². The summed E-state index contributed by atoms with van der Waals surface area (Å²) in [5.74, 6) is 1.29. The van der Waals surface area contributed by atoms with Crippen LogP contribution in [0.3, 0.4) is 0 Å². The first-order valence-electron chi connectivity index (χ1n) is 8.75. The third-order valence-corrected chi connectivity index (χ3v) is 5.87. The van der Waals surface area contributed by atoms with Crippen molar-refractivity contribution < 1.29 is 9.21 Å². The lowest BCUT2D eigenvalue weighted by Crippen LogP contribution is -2.47. The van der Waals surface area contributed by atoms with Crippen LogP contribution in [-0.4, -0.2) is 11.5 Å². The van der Waals surface area contributed by atoms with Crippen LogP contribution in [0.1, 0.15) is 48.6 Å². The third kappa shape index (κ3) is 2.18. The first-order chi connectivity index (χ1) is 11.5. The maximum Gasteiger partial charge on any atom is 0.151 e. The number of ketones is 1. The van der Waals surface area contributed by atoms with Crippen LogP contribution in [0, 0.1) is 25.2 Å². The monoisotopic (exact) mass is 321 g/mol. The third-order valence-electron chi connectivity index (χ3n) is 5.87. The standard InChI is InChI=1S/C21H23NO2/c1-13-6-4-7-14(2)18(13)22-20-19-15(9-11-24-19)12-16-17(23)8-5-10-21(16,20)3/h4,6-7,9,11,16H,5,8,10,12H2,1-3H3/t16?,21-/m1/s1. The summed E-state index contributed by atoms with van der Waals surface area (Å²) in [6.45, 7) is 6.38. The van der Waals surface area contributed by atoms with Gasteiger partial charge in [0.2, 0.25) is 0 Å². The highest BCUT2D eigenvalue weighted by Crippen LogP contribution is 2.48. The Balaban J connectivity index is 1.95. The van der Waals surface area contributed by atoms with Gasteiger partial charge in [0, 0.05) is 23.3 Å². The predicted octanol–water partition coefficient (Wildman–Crippen LogP) is 4.95. The van der Waals surface area contributed by atoms with Crippen LogP contribution in [0.25, 0.3) is 0 Å². The van der Waals surface area contributed by atoms with Gasteiger partial charge in [-0.2, -0.15) is 0 Å². The number of aryl methyl sites for hydroxylation is 2. The molecule has 0 bridgehead atoms. The number of hydrogen-bond acceptors (Lipinski definition) is 3. The van der Waals surface area contributed by atoms with Crippen LogP contribution < -0.4 is 0 Å². The Hall–Kier alpha value is -2.16. The lowest BCUT2D eigenvalue weighted by molar-refractivity contribution is -0.128. The molecule has 24 heavy (non-hydrogen) atoms. The second-order valence-electron chi connectivity index (χ2n) is 7.47. The quantitative estimate of drug-likeness (QED) is 0.746. The lowest BCUT2D eigenvalue weighted by atomic mass is 9.59. The van der Waals surface area contributed by atoms with Gasteiger partial charge in [0.1, 0.15) is 5.78 Å². The Bertz CT molecular complexity index is 825. The first kappa shape index (κ1) is 15.4. The van der Waals surface area contributed by atoms with Gasteiger partial charge in [-0.25, -0.2) is 4.99 Å². The number of rotatable bonds is 1. The van der Waals surface area contributed by atoms with E-state index >= 15 is 0 Å². The minimum absolute atomic E-state index is 0.0272. The van der Waals surface area contributed by atoms with Crippen molar-refractivity contribution in [3.63, 3.8) is 0 Å². The van der Waals surface area contributed by atoms with Gasteiger partial charge in [-0.05, 0) is 50.3 Å². The summed E-state index contributed by atoms with van der Waals surface area (Å²) in [5.41, 5.74) is 5.18. The SMILES string of the molecule is Cc1cccc(C)c1N=C1c2occc2CC2C(=O)CCC[C@@]12C. The smallest absolute Gasteiger partial charge is 0.151 e. The molecule has 1 unspecified atom stereocenters.